The van der Waals surface area contributed by atoms with Crippen molar-refractivity contribution in [2.45, 2.75) is 57.0 Å². The van der Waals surface area contributed by atoms with Gasteiger partial charge < -0.3 is 11.1 Å². The first-order valence-corrected chi connectivity index (χ1v) is 7.33. The third kappa shape index (κ3) is 3.57. The van der Waals surface area contributed by atoms with E-state index in [4.69, 9.17) is 5.73 Å². The van der Waals surface area contributed by atoms with Crippen LogP contribution in [0.15, 0.2) is 30.3 Å². The Hall–Kier alpha value is -1.35. The molecule has 1 aliphatic carbocycles. The van der Waals surface area contributed by atoms with Gasteiger partial charge in [0.15, 0.2) is 0 Å². The third-order valence-electron chi connectivity index (χ3n) is 4.07. The highest BCUT2D eigenvalue weighted by atomic mass is 16.1. The lowest BCUT2D eigenvalue weighted by atomic mass is 9.89. The lowest BCUT2D eigenvalue weighted by Crippen LogP contribution is -2.50. The maximum Gasteiger partial charge on any atom is 0.227 e. The van der Waals surface area contributed by atoms with Gasteiger partial charge in [-0.25, -0.2) is 0 Å². The van der Waals surface area contributed by atoms with Gasteiger partial charge in [-0.3, -0.25) is 4.79 Å². The van der Waals surface area contributed by atoms with Gasteiger partial charge in [0.1, 0.15) is 0 Å². The number of nitrogens with two attached hydrogens (primary N) is 1. The van der Waals surface area contributed by atoms with Crippen LogP contribution in [0.5, 0.6) is 0 Å². The number of nitrogens with one attached hydrogen (secondary N) is 1. The molecular formula is C16H24N2O. The molecule has 0 aromatic heterocycles. The van der Waals surface area contributed by atoms with Crippen molar-refractivity contribution in [3.8, 4) is 0 Å². The second-order valence-corrected chi connectivity index (χ2v) is 5.43. The fraction of sp³-hybridized carbons (Fsp3) is 0.562. The summed E-state index contributed by atoms with van der Waals surface area (Å²) in [5.41, 5.74) is 7.18. The molecule has 1 aromatic rings. The summed E-state index contributed by atoms with van der Waals surface area (Å²) in [7, 11) is 0. The van der Waals surface area contributed by atoms with Crippen LogP contribution < -0.4 is 11.1 Å². The summed E-state index contributed by atoms with van der Waals surface area (Å²) in [4.78, 5) is 12.4. The molecule has 0 bridgehead atoms. The van der Waals surface area contributed by atoms with Crippen molar-refractivity contribution in [2.24, 2.45) is 5.73 Å². The van der Waals surface area contributed by atoms with E-state index in [0.717, 1.165) is 24.8 Å². The zero-order valence-corrected chi connectivity index (χ0v) is 11.6. The van der Waals surface area contributed by atoms with Crippen molar-refractivity contribution in [1.82, 2.24) is 5.32 Å². The monoisotopic (exact) mass is 260 g/mol. The van der Waals surface area contributed by atoms with Crippen LogP contribution in [0.4, 0.5) is 0 Å². The molecule has 1 aliphatic rings. The van der Waals surface area contributed by atoms with Gasteiger partial charge in [0, 0.05) is 12.1 Å². The zero-order chi connectivity index (χ0) is 13.7. The predicted molar refractivity (Wildman–Crippen MR) is 77.8 cm³/mol. The maximum absolute atomic E-state index is 12.4. The van der Waals surface area contributed by atoms with Crippen LogP contribution in [-0.2, 0) is 4.79 Å². The van der Waals surface area contributed by atoms with Crippen molar-refractivity contribution >= 4 is 5.91 Å². The van der Waals surface area contributed by atoms with Crippen molar-refractivity contribution in [3.05, 3.63) is 35.9 Å². The molecule has 3 nitrogen and oxygen atoms in total. The standard InChI is InChI=1S/C16H24N2O/c1-2-13(12-8-4-3-5-9-12)16(19)18-15-11-7-6-10-14(15)17/h3-5,8-9,13-15H,2,6-7,10-11,17H2,1H3,(H,18,19). The quantitative estimate of drug-likeness (QED) is 0.874. The molecule has 1 aromatic carbocycles. The predicted octanol–water partition coefficient (Wildman–Crippen LogP) is 2.57. The fourth-order valence-electron chi connectivity index (χ4n) is 2.88. The Kier molecular flexibility index (Phi) is 4.97. The van der Waals surface area contributed by atoms with Crippen LogP contribution in [0.1, 0.15) is 50.5 Å². The van der Waals surface area contributed by atoms with Crippen LogP contribution in [-0.4, -0.2) is 18.0 Å². The first-order valence-electron chi connectivity index (χ1n) is 7.33. The summed E-state index contributed by atoms with van der Waals surface area (Å²) >= 11 is 0. The van der Waals surface area contributed by atoms with Gasteiger partial charge in [-0.15, -0.1) is 0 Å². The first kappa shape index (κ1) is 14.1. The van der Waals surface area contributed by atoms with Crippen molar-refractivity contribution in [1.29, 1.82) is 0 Å². The van der Waals surface area contributed by atoms with E-state index in [1.54, 1.807) is 0 Å². The summed E-state index contributed by atoms with van der Waals surface area (Å²) in [6.07, 6.45) is 5.20. The van der Waals surface area contributed by atoms with Gasteiger partial charge in [-0.2, -0.15) is 0 Å². The Morgan fingerprint density at radius 1 is 1.32 bits per heavy atom. The van der Waals surface area contributed by atoms with E-state index in [1.165, 1.54) is 12.8 Å². The minimum absolute atomic E-state index is 0.0599. The van der Waals surface area contributed by atoms with E-state index < -0.39 is 0 Å². The average molecular weight is 260 g/mol. The van der Waals surface area contributed by atoms with E-state index in [-0.39, 0.29) is 23.9 Å². The van der Waals surface area contributed by atoms with Crippen LogP contribution in [0, 0.1) is 0 Å². The van der Waals surface area contributed by atoms with Crippen molar-refractivity contribution in [3.63, 3.8) is 0 Å². The summed E-state index contributed by atoms with van der Waals surface area (Å²) in [6, 6.07) is 10.3. The Balaban J connectivity index is 2.01. The summed E-state index contributed by atoms with van der Waals surface area (Å²) in [5, 5.41) is 3.15. The highest BCUT2D eigenvalue weighted by Gasteiger charge is 2.26. The van der Waals surface area contributed by atoms with Gasteiger partial charge >= 0.3 is 0 Å². The molecule has 3 heteroatoms. The van der Waals surface area contributed by atoms with Gasteiger partial charge in [0.25, 0.3) is 0 Å². The van der Waals surface area contributed by atoms with E-state index >= 15 is 0 Å². The number of amides is 1. The topological polar surface area (TPSA) is 55.1 Å². The SMILES string of the molecule is CCC(C(=O)NC1CCCCC1N)c1ccccc1. The summed E-state index contributed by atoms with van der Waals surface area (Å²) in [5.74, 6) is 0.0615. The number of carbonyl (C=O) groups is 1. The summed E-state index contributed by atoms with van der Waals surface area (Å²) < 4.78 is 0. The average Bonchev–Trinajstić information content (AvgIpc) is 2.43. The van der Waals surface area contributed by atoms with Crippen LogP contribution in [0.2, 0.25) is 0 Å². The molecule has 1 saturated carbocycles. The number of benzene rings is 1. The highest BCUT2D eigenvalue weighted by Crippen LogP contribution is 2.22. The van der Waals surface area contributed by atoms with E-state index in [0.29, 0.717) is 0 Å². The van der Waals surface area contributed by atoms with Crippen LogP contribution in [0.25, 0.3) is 0 Å². The molecular weight excluding hydrogens is 236 g/mol. The lowest BCUT2D eigenvalue weighted by Gasteiger charge is -2.30. The van der Waals surface area contributed by atoms with E-state index in [1.807, 2.05) is 30.3 Å². The van der Waals surface area contributed by atoms with Crippen molar-refractivity contribution in [2.75, 3.05) is 0 Å². The van der Waals surface area contributed by atoms with Crippen molar-refractivity contribution < 1.29 is 4.79 Å². The zero-order valence-electron chi connectivity index (χ0n) is 11.6. The largest absolute Gasteiger partial charge is 0.351 e. The van der Waals surface area contributed by atoms with Crippen LogP contribution >= 0.6 is 0 Å². The Morgan fingerprint density at radius 2 is 2.00 bits per heavy atom. The van der Waals surface area contributed by atoms with Gasteiger partial charge in [0.05, 0.1) is 5.92 Å². The highest BCUT2D eigenvalue weighted by molar-refractivity contribution is 5.83. The van der Waals surface area contributed by atoms with Gasteiger partial charge in [0.2, 0.25) is 5.91 Å². The maximum atomic E-state index is 12.4. The van der Waals surface area contributed by atoms with E-state index in [9.17, 15) is 4.79 Å². The minimum Gasteiger partial charge on any atom is -0.351 e. The molecule has 1 fully saturated rings. The molecule has 3 atom stereocenters. The molecule has 0 aliphatic heterocycles. The number of rotatable bonds is 4. The number of carbonyl (C=O) groups excluding carboxylic acids is 1. The molecule has 19 heavy (non-hydrogen) atoms. The van der Waals surface area contributed by atoms with Gasteiger partial charge in [-0.05, 0) is 24.8 Å². The third-order valence-corrected chi connectivity index (χ3v) is 4.07. The molecule has 0 heterocycles. The molecule has 0 saturated heterocycles. The van der Waals surface area contributed by atoms with Gasteiger partial charge in [-0.1, -0.05) is 50.1 Å². The lowest BCUT2D eigenvalue weighted by molar-refractivity contribution is -0.123. The molecule has 1 amide bonds. The number of hydrogen-bond acceptors (Lipinski definition) is 2. The Bertz CT molecular complexity index is 404. The molecule has 0 spiro atoms. The number of hydrogen-bond donors (Lipinski definition) is 2. The first-order chi connectivity index (χ1) is 9.22. The Morgan fingerprint density at radius 3 is 2.63 bits per heavy atom. The second-order valence-electron chi connectivity index (χ2n) is 5.43. The molecule has 2 rings (SSSR count). The molecule has 3 unspecified atom stereocenters. The summed E-state index contributed by atoms with van der Waals surface area (Å²) in [6.45, 7) is 2.05. The smallest absolute Gasteiger partial charge is 0.227 e. The van der Waals surface area contributed by atoms with E-state index in [2.05, 4.69) is 12.2 Å². The Labute approximate surface area is 115 Å². The normalized spacial score (nSPS) is 24.7. The molecule has 0 radical (unpaired) electrons. The minimum atomic E-state index is -0.0599. The van der Waals surface area contributed by atoms with Crippen LogP contribution in [0.3, 0.4) is 0 Å². The second kappa shape index (κ2) is 6.71. The molecule has 3 N–H and O–H groups in total. The fourth-order valence-corrected chi connectivity index (χ4v) is 2.88. The molecule has 104 valence electrons.